The summed E-state index contributed by atoms with van der Waals surface area (Å²) in [5.41, 5.74) is 0. The summed E-state index contributed by atoms with van der Waals surface area (Å²) in [6, 6.07) is 0. The molecule has 0 atom stereocenters. The summed E-state index contributed by atoms with van der Waals surface area (Å²) >= 11 is 4.28. The van der Waals surface area contributed by atoms with Crippen LogP contribution in [0.25, 0.3) is 0 Å². The molecule has 0 saturated heterocycles. The highest BCUT2D eigenvalue weighted by Gasteiger charge is 2.39. The van der Waals surface area contributed by atoms with E-state index in [1.165, 1.54) is 25.7 Å². The second-order valence-electron chi connectivity index (χ2n) is 3.62. The van der Waals surface area contributed by atoms with Crippen molar-refractivity contribution in [2.75, 3.05) is 5.75 Å². The van der Waals surface area contributed by atoms with Crippen LogP contribution in [0.4, 0.5) is 0 Å². The van der Waals surface area contributed by atoms with Gasteiger partial charge >= 0.3 is 0 Å². The lowest BCUT2D eigenvalue weighted by Crippen LogP contribution is -2.26. The zero-order valence-corrected chi connectivity index (χ0v) is 6.61. The summed E-state index contributed by atoms with van der Waals surface area (Å²) in [5, 5.41) is 0. The Hall–Kier alpha value is 0.350. The molecule has 0 amide bonds. The van der Waals surface area contributed by atoms with Gasteiger partial charge in [-0.15, -0.1) is 0 Å². The minimum absolute atomic E-state index is 0.985. The van der Waals surface area contributed by atoms with Crippen LogP contribution in [0.15, 0.2) is 0 Å². The van der Waals surface area contributed by atoms with Crippen molar-refractivity contribution in [1.29, 1.82) is 0 Å². The van der Waals surface area contributed by atoms with Crippen LogP contribution < -0.4 is 0 Å². The van der Waals surface area contributed by atoms with Crippen LogP contribution in [0.5, 0.6) is 0 Å². The smallest absolute Gasteiger partial charge is 0.00693 e. The Morgan fingerprint density at radius 1 is 1.11 bits per heavy atom. The van der Waals surface area contributed by atoms with Gasteiger partial charge in [-0.1, -0.05) is 0 Å². The Morgan fingerprint density at radius 2 is 1.78 bits per heavy atom. The summed E-state index contributed by atoms with van der Waals surface area (Å²) in [5.74, 6) is 4.39. The molecule has 0 aromatic rings. The fourth-order valence-electron chi connectivity index (χ4n) is 1.89. The Balaban J connectivity index is 1.71. The fourth-order valence-corrected chi connectivity index (χ4v) is 2.19. The van der Waals surface area contributed by atoms with Crippen LogP contribution in [-0.4, -0.2) is 5.75 Å². The molecule has 2 aliphatic rings. The molecule has 2 fully saturated rings. The highest BCUT2D eigenvalue weighted by atomic mass is 32.1. The first-order valence-electron chi connectivity index (χ1n) is 4.01. The van der Waals surface area contributed by atoms with Gasteiger partial charge in [-0.25, -0.2) is 0 Å². The van der Waals surface area contributed by atoms with Crippen molar-refractivity contribution >= 4 is 12.6 Å². The maximum Gasteiger partial charge on any atom is -0.00693 e. The van der Waals surface area contributed by atoms with Crippen molar-refractivity contribution in [2.45, 2.75) is 25.7 Å². The minimum atomic E-state index is 0.985. The normalized spacial score (nSPS) is 42.3. The van der Waals surface area contributed by atoms with E-state index in [4.69, 9.17) is 0 Å². The molecule has 52 valence electrons. The van der Waals surface area contributed by atoms with Crippen molar-refractivity contribution in [3.8, 4) is 0 Å². The summed E-state index contributed by atoms with van der Waals surface area (Å²) < 4.78 is 0. The Labute approximate surface area is 62.4 Å². The molecule has 0 unspecified atom stereocenters. The van der Waals surface area contributed by atoms with Crippen LogP contribution in [0.2, 0.25) is 0 Å². The van der Waals surface area contributed by atoms with E-state index in [1.807, 2.05) is 0 Å². The van der Waals surface area contributed by atoms with E-state index in [2.05, 4.69) is 12.6 Å². The summed E-state index contributed by atoms with van der Waals surface area (Å²) in [4.78, 5) is 0. The molecule has 0 aromatic carbocycles. The molecule has 0 radical (unpaired) electrons. The van der Waals surface area contributed by atoms with Gasteiger partial charge in [0.2, 0.25) is 0 Å². The van der Waals surface area contributed by atoms with Gasteiger partial charge in [0.1, 0.15) is 0 Å². The first kappa shape index (κ1) is 6.09. The molecular formula is C8H14S. The van der Waals surface area contributed by atoms with E-state index in [0.29, 0.717) is 0 Å². The van der Waals surface area contributed by atoms with Crippen LogP contribution in [-0.2, 0) is 0 Å². The van der Waals surface area contributed by atoms with E-state index >= 15 is 0 Å². The highest BCUT2D eigenvalue weighted by Crippen LogP contribution is 2.49. The van der Waals surface area contributed by atoms with Crippen molar-refractivity contribution in [3.63, 3.8) is 0 Å². The molecule has 0 aromatic heterocycles. The molecule has 2 saturated carbocycles. The molecular weight excluding hydrogens is 128 g/mol. The first-order chi connectivity index (χ1) is 4.40. The van der Waals surface area contributed by atoms with Gasteiger partial charge in [0.05, 0.1) is 0 Å². The molecule has 0 spiro atoms. The van der Waals surface area contributed by atoms with Crippen LogP contribution >= 0.6 is 12.6 Å². The lowest BCUT2D eigenvalue weighted by molar-refractivity contribution is 0.190. The average Bonchev–Trinajstić information content (AvgIpc) is 2.46. The average molecular weight is 142 g/mol. The molecule has 2 rings (SSSR count). The standard InChI is InChI=1S/C8H14S/c9-5-6-3-8(4-6)7-1-2-7/h6-9H,1-5H2. The molecule has 2 aliphatic carbocycles. The summed E-state index contributed by atoms with van der Waals surface area (Å²) in [7, 11) is 0. The van der Waals surface area contributed by atoms with Gasteiger partial charge < -0.3 is 0 Å². The quantitative estimate of drug-likeness (QED) is 0.562. The second kappa shape index (κ2) is 2.19. The van der Waals surface area contributed by atoms with Gasteiger partial charge in [-0.2, -0.15) is 12.6 Å². The van der Waals surface area contributed by atoms with Gasteiger partial charge in [-0.05, 0) is 49.2 Å². The molecule has 0 N–H and O–H groups in total. The Kier molecular flexibility index (Phi) is 1.48. The summed E-state index contributed by atoms with van der Waals surface area (Å²) in [6.07, 6.45) is 6.05. The number of hydrogen-bond acceptors (Lipinski definition) is 1. The Morgan fingerprint density at radius 3 is 2.22 bits per heavy atom. The third-order valence-electron chi connectivity index (χ3n) is 2.82. The zero-order chi connectivity index (χ0) is 6.27. The molecule has 1 heteroatoms. The van der Waals surface area contributed by atoms with Crippen molar-refractivity contribution in [2.24, 2.45) is 17.8 Å². The molecule has 0 bridgehead atoms. The monoisotopic (exact) mass is 142 g/mol. The van der Waals surface area contributed by atoms with Gasteiger partial charge in [0.15, 0.2) is 0 Å². The third kappa shape index (κ3) is 1.12. The predicted molar refractivity (Wildman–Crippen MR) is 42.8 cm³/mol. The van der Waals surface area contributed by atoms with Crippen LogP contribution in [0.1, 0.15) is 25.7 Å². The number of thiol groups is 1. The molecule has 0 heterocycles. The topological polar surface area (TPSA) is 0 Å². The SMILES string of the molecule is SCC1CC(C2CC2)C1. The fraction of sp³-hybridized carbons (Fsp3) is 1.00. The minimum Gasteiger partial charge on any atom is -0.179 e. The van der Waals surface area contributed by atoms with E-state index < -0.39 is 0 Å². The largest absolute Gasteiger partial charge is 0.179 e. The van der Waals surface area contributed by atoms with Gasteiger partial charge in [0, 0.05) is 0 Å². The van der Waals surface area contributed by atoms with E-state index in [-0.39, 0.29) is 0 Å². The van der Waals surface area contributed by atoms with Crippen molar-refractivity contribution < 1.29 is 0 Å². The predicted octanol–water partition coefficient (Wildman–Crippen LogP) is 2.35. The summed E-state index contributed by atoms with van der Waals surface area (Å²) in [6.45, 7) is 0. The molecule has 0 nitrogen and oxygen atoms in total. The Bertz CT molecular complexity index is 101. The maximum atomic E-state index is 4.28. The van der Waals surface area contributed by atoms with E-state index in [1.54, 1.807) is 0 Å². The van der Waals surface area contributed by atoms with E-state index in [0.717, 1.165) is 23.5 Å². The molecule has 9 heavy (non-hydrogen) atoms. The van der Waals surface area contributed by atoms with Gasteiger partial charge in [-0.3, -0.25) is 0 Å². The first-order valence-corrected chi connectivity index (χ1v) is 4.64. The molecule has 0 aliphatic heterocycles. The zero-order valence-electron chi connectivity index (χ0n) is 5.71. The van der Waals surface area contributed by atoms with Crippen LogP contribution in [0, 0.1) is 17.8 Å². The van der Waals surface area contributed by atoms with E-state index in [9.17, 15) is 0 Å². The van der Waals surface area contributed by atoms with Crippen molar-refractivity contribution in [3.05, 3.63) is 0 Å². The lowest BCUT2D eigenvalue weighted by atomic mass is 9.73. The number of hydrogen-bond donors (Lipinski definition) is 1. The van der Waals surface area contributed by atoms with Crippen LogP contribution in [0.3, 0.4) is 0 Å². The lowest BCUT2D eigenvalue weighted by Gasteiger charge is -2.34. The second-order valence-corrected chi connectivity index (χ2v) is 3.98. The van der Waals surface area contributed by atoms with Crippen molar-refractivity contribution in [1.82, 2.24) is 0 Å². The third-order valence-corrected chi connectivity index (χ3v) is 3.34. The highest BCUT2D eigenvalue weighted by molar-refractivity contribution is 7.80. The van der Waals surface area contributed by atoms with Gasteiger partial charge in [0.25, 0.3) is 0 Å². The number of rotatable bonds is 2. The maximum absolute atomic E-state index is 4.28.